The minimum atomic E-state index is 0.718. The van der Waals surface area contributed by atoms with Gasteiger partial charge in [-0.05, 0) is 42.3 Å². The SMILES string of the molecule is C/C(=N\N(Cc1ccccc1)c1ccccc1)c1ccc(-n2ccnc2)cc1. The van der Waals surface area contributed by atoms with Crippen molar-refractivity contribution in [1.82, 2.24) is 9.55 Å². The summed E-state index contributed by atoms with van der Waals surface area (Å²) in [5.41, 5.74) is 5.44. The number of nitrogens with zero attached hydrogens (tertiary/aromatic N) is 4. The van der Waals surface area contributed by atoms with Crippen LogP contribution in [0.25, 0.3) is 5.69 Å². The number of hydrazone groups is 1. The van der Waals surface area contributed by atoms with Crippen molar-refractivity contribution in [2.24, 2.45) is 5.10 Å². The summed E-state index contributed by atoms with van der Waals surface area (Å²) in [5, 5.41) is 6.99. The first-order valence-corrected chi connectivity index (χ1v) is 9.30. The van der Waals surface area contributed by atoms with E-state index < -0.39 is 0 Å². The number of imidazole rings is 1. The zero-order valence-electron chi connectivity index (χ0n) is 15.8. The number of rotatable bonds is 6. The summed E-state index contributed by atoms with van der Waals surface area (Å²) in [4.78, 5) is 4.10. The van der Waals surface area contributed by atoms with Gasteiger partial charge in [0.15, 0.2) is 0 Å². The fourth-order valence-corrected chi connectivity index (χ4v) is 3.07. The summed E-state index contributed by atoms with van der Waals surface area (Å²) < 4.78 is 1.99. The molecule has 0 bridgehead atoms. The Hall–Kier alpha value is -3.66. The fraction of sp³-hybridized carbons (Fsp3) is 0.0833. The third-order valence-electron chi connectivity index (χ3n) is 4.59. The lowest BCUT2D eigenvalue weighted by atomic mass is 10.1. The molecule has 4 aromatic rings. The van der Waals surface area contributed by atoms with Gasteiger partial charge in [0.1, 0.15) is 0 Å². The number of hydrogen-bond acceptors (Lipinski definition) is 3. The van der Waals surface area contributed by atoms with E-state index in [0.717, 1.165) is 29.2 Å². The van der Waals surface area contributed by atoms with Gasteiger partial charge in [0.05, 0.1) is 24.3 Å². The van der Waals surface area contributed by atoms with Crippen LogP contribution in [-0.2, 0) is 6.54 Å². The van der Waals surface area contributed by atoms with Crippen LogP contribution in [0.15, 0.2) is 109 Å². The molecule has 0 saturated heterocycles. The summed E-state index contributed by atoms with van der Waals surface area (Å²) in [5.74, 6) is 0. The molecule has 1 aromatic heterocycles. The van der Waals surface area contributed by atoms with Gasteiger partial charge >= 0.3 is 0 Å². The van der Waals surface area contributed by atoms with Gasteiger partial charge in [-0.15, -0.1) is 0 Å². The monoisotopic (exact) mass is 366 g/mol. The average Bonchev–Trinajstić information content (AvgIpc) is 3.30. The molecule has 4 nitrogen and oxygen atoms in total. The number of hydrogen-bond donors (Lipinski definition) is 0. The van der Waals surface area contributed by atoms with E-state index in [-0.39, 0.29) is 0 Å². The van der Waals surface area contributed by atoms with Crippen molar-refractivity contribution in [3.05, 3.63) is 115 Å². The van der Waals surface area contributed by atoms with E-state index in [1.54, 1.807) is 12.5 Å². The third kappa shape index (κ3) is 4.18. The Balaban J connectivity index is 1.61. The quantitative estimate of drug-likeness (QED) is 0.342. The zero-order chi connectivity index (χ0) is 19.2. The summed E-state index contributed by atoms with van der Waals surface area (Å²) >= 11 is 0. The molecule has 1 heterocycles. The first kappa shape index (κ1) is 17.7. The van der Waals surface area contributed by atoms with Crippen molar-refractivity contribution in [3.8, 4) is 5.69 Å². The maximum atomic E-state index is 4.94. The summed E-state index contributed by atoms with van der Waals surface area (Å²) in [7, 11) is 0. The molecule has 4 rings (SSSR count). The Morgan fingerprint density at radius 3 is 2.21 bits per heavy atom. The number of benzene rings is 3. The Labute approximate surface area is 165 Å². The predicted octanol–water partition coefficient (Wildman–Crippen LogP) is 5.30. The molecule has 0 spiro atoms. The lowest BCUT2D eigenvalue weighted by Crippen LogP contribution is -2.18. The van der Waals surface area contributed by atoms with Gasteiger partial charge in [-0.25, -0.2) is 4.98 Å². The van der Waals surface area contributed by atoms with Crippen LogP contribution in [-0.4, -0.2) is 15.3 Å². The molecule has 138 valence electrons. The average molecular weight is 366 g/mol. The van der Waals surface area contributed by atoms with Gasteiger partial charge < -0.3 is 4.57 Å². The molecule has 0 unspecified atom stereocenters. The second-order valence-corrected chi connectivity index (χ2v) is 6.58. The second-order valence-electron chi connectivity index (χ2n) is 6.58. The second kappa shape index (κ2) is 8.35. The van der Waals surface area contributed by atoms with Gasteiger partial charge in [0.25, 0.3) is 0 Å². The minimum absolute atomic E-state index is 0.718. The summed E-state index contributed by atoms with van der Waals surface area (Å²) in [6.07, 6.45) is 5.52. The van der Waals surface area contributed by atoms with Crippen molar-refractivity contribution < 1.29 is 0 Å². The first-order chi connectivity index (χ1) is 13.8. The first-order valence-electron chi connectivity index (χ1n) is 9.30. The lowest BCUT2D eigenvalue weighted by molar-refractivity contribution is 0.854. The highest BCUT2D eigenvalue weighted by Crippen LogP contribution is 2.19. The molecule has 4 heteroatoms. The molecule has 0 N–H and O–H groups in total. The molecule has 3 aromatic carbocycles. The van der Waals surface area contributed by atoms with E-state index in [4.69, 9.17) is 5.10 Å². The molecule has 0 aliphatic carbocycles. The Morgan fingerprint density at radius 1 is 0.893 bits per heavy atom. The predicted molar refractivity (Wildman–Crippen MR) is 115 cm³/mol. The van der Waals surface area contributed by atoms with Crippen molar-refractivity contribution >= 4 is 11.4 Å². The Morgan fingerprint density at radius 2 is 1.57 bits per heavy atom. The number of para-hydroxylation sites is 1. The van der Waals surface area contributed by atoms with E-state index in [2.05, 4.69) is 70.7 Å². The van der Waals surface area contributed by atoms with Crippen molar-refractivity contribution in [2.75, 3.05) is 5.01 Å². The maximum absolute atomic E-state index is 4.94. The topological polar surface area (TPSA) is 33.4 Å². The molecule has 0 aliphatic heterocycles. The Kier molecular flexibility index (Phi) is 5.29. The molecule has 0 atom stereocenters. The smallest absolute Gasteiger partial charge is 0.0991 e. The van der Waals surface area contributed by atoms with Crippen LogP contribution in [0.2, 0.25) is 0 Å². The van der Waals surface area contributed by atoms with Crippen molar-refractivity contribution in [3.63, 3.8) is 0 Å². The van der Waals surface area contributed by atoms with E-state index in [1.807, 2.05) is 42.0 Å². The van der Waals surface area contributed by atoms with E-state index in [1.165, 1.54) is 5.56 Å². The largest absolute Gasteiger partial charge is 0.306 e. The van der Waals surface area contributed by atoms with Crippen LogP contribution in [0.3, 0.4) is 0 Å². The molecule has 28 heavy (non-hydrogen) atoms. The summed E-state index contributed by atoms with van der Waals surface area (Å²) in [6, 6.07) is 29.0. The zero-order valence-corrected chi connectivity index (χ0v) is 15.8. The molecule has 0 radical (unpaired) electrons. The number of anilines is 1. The molecule has 0 fully saturated rings. The molecule has 0 aliphatic rings. The maximum Gasteiger partial charge on any atom is 0.0991 e. The highest BCUT2D eigenvalue weighted by Gasteiger charge is 2.08. The van der Waals surface area contributed by atoms with E-state index in [0.29, 0.717) is 0 Å². The van der Waals surface area contributed by atoms with E-state index >= 15 is 0 Å². The van der Waals surface area contributed by atoms with Crippen LogP contribution in [0.4, 0.5) is 5.69 Å². The van der Waals surface area contributed by atoms with Gasteiger partial charge in [-0.1, -0.05) is 60.7 Å². The van der Waals surface area contributed by atoms with E-state index in [9.17, 15) is 0 Å². The van der Waals surface area contributed by atoms with Crippen LogP contribution in [0, 0.1) is 0 Å². The fourth-order valence-electron chi connectivity index (χ4n) is 3.07. The van der Waals surface area contributed by atoms with Gasteiger partial charge in [-0.2, -0.15) is 5.10 Å². The van der Waals surface area contributed by atoms with Gasteiger partial charge in [-0.3, -0.25) is 5.01 Å². The summed E-state index contributed by atoms with van der Waals surface area (Å²) in [6.45, 7) is 2.77. The third-order valence-corrected chi connectivity index (χ3v) is 4.59. The number of aromatic nitrogens is 2. The molecular weight excluding hydrogens is 344 g/mol. The van der Waals surface area contributed by atoms with Crippen LogP contribution in [0.1, 0.15) is 18.1 Å². The van der Waals surface area contributed by atoms with Crippen LogP contribution >= 0.6 is 0 Å². The van der Waals surface area contributed by atoms with Gasteiger partial charge in [0.2, 0.25) is 0 Å². The highest BCUT2D eigenvalue weighted by molar-refractivity contribution is 5.99. The van der Waals surface area contributed by atoms with Crippen LogP contribution < -0.4 is 5.01 Å². The normalized spacial score (nSPS) is 11.4. The minimum Gasteiger partial charge on any atom is -0.306 e. The van der Waals surface area contributed by atoms with Crippen molar-refractivity contribution in [2.45, 2.75) is 13.5 Å². The van der Waals surface area contributed by atoms with Gasteiger partial charge in [0, 0.05) is 18.1 Å². The van der Waals surface area contributed by atoms with Crippen molar-refractivity contribution in [1.29, 1.82) is 0 Å². The van der Waals surface area contributed by atoms with Crippen LogP contribution in [0.5, 0.6) is 0 Å². The molecule has 0 saturated carbocycles. The molecular formula is C24H22N4. The standard InChI is InChI=1S/C24H22N4/c1-20(22-12-14-23(15-13-22)27-17-16-25-19-27)26-28(24-10-6-3-7-11-24)18-21-8-4-2-5-9-21/h2-17,19H,18H2,1H3/b26-20+. The highest BCUT2D eigenvalue weighted by atomic mass is 15.5. The lowest BCUT2D eigenvalue weighted by Gasteiger charge is -2.21. The Bertz CT molecular complexity index is 1020. The molecule has 0 amide bonds.